The standard InChI is InChI=1S/C17H14F3NO3S/c18-17(19,20)16(22)10-15(21-24-16)13-8-6-12(7-9-13)11-25(23)14-4-2-1-3-5-14/h1-9,22H,10-11H2. The second kappa shape index (κ2) is 6.70. The first-order chi connectivity index (χ1) is 11.8. The highest BCUT2D eigenvalue weighted by atomic mass is 32.2. The first-order valence-electron chi connectivity index (χ1n) is 7.35. The minimum Gasteiger partial charge on any atom is -0.611 e. The number of halogens is 3. The summed E-state index contributed by atoms with van der Waals surface area (Å²) in [4.78, 5) is 4.90. The lowest BCUT2D eigenvalue weighted by atomic mass is 10.0. The molecule has 0 amide bonds. The van der Waals surface area contributed by atoms with Gasteiger partial charge in [0.05, 0.1) is 12.1 Å². The van der Waals surface area contributed by atoms with Gasteiger partial charge in [0, 0.05) is 5.56 Å². The molecule has 0 spiro atoms. The maximum Gasteiger partial charge on any atom is 0.458 e. The van der Waals surface area contributed by atoms with Crippen molar-refractivity contribution >= 4 is 16.9 Å². The Bertz CT molecular complexity index is 765. The van der Waals surface area contributed by atoms with Gasteiger partial charge in [-0.2, -0.15) is 13.2 Å². The van der Waals surface area contributed by atoms with Gasteiger partial charge in [-0.3, -0.25) is 0 Å². The quantitative estimate of drug-likeness (QED) is 0.841. The van der Waals surface area contributed by atoms with Crippen molar-refractivity contribution in [3.63, 3.8) is 0 Å². The molecule has 2 unspecified atom stereocenters. The topological polar surface area (TPSA) is 64.9 Å². The minimum atomic E-state index is -4.93. The number of hydrogen-bond donors (Lipinski definition) is 1. The van der Waals surface area contributed by atoms with Gasteiger partial charge in [-0.15, -0.1) is 0 Å². The molecule has 3 rings (SSSR count). The van der Waals surface area contributed by atoms with Crippen molar-refractivity contribution < 1.29 is 27.7 Å². The number of nitrogens with zero attached hydrogens (tertiary/aromatic N) is 1. The highest BCUT2D eigenvalue weighted by Gasteiger charge is 2.60. The lowest BCUT2D eigenvalue weighted by molar-refractivity contribution is -0.355. The molecule has 2 atom stereocenters. The molecule has 0 saturated carbocycles. The SMILES string of the molecule is [O-][S+](Cc1ccc(C2=NOC(O)(C(F)(F)F)C2)cc1)c1ccccc1. The van der Waals surface area contributed by atoms with Crippen LogP contribution in [0.15, 0.2) is 64.6 Å². The highest BCUT2D eigenvalue weighted by Crippen LogP contribution is 2.38. The molecule has 8 heteroatoms. The molecule has 0 bridgehead atoms. The van der Waals surface area contributed by atoms with Crippen LogP contribution in [0.1, 0.15) is 17.5 Å². The third kappa shape index (κ3) is 3.81. The Morgan fingerprint density at radius 3 is 2.32 bits per heavy atom. The molecule has 132 valence electrons. The Morgan fingerprint density at radius 1 is 1.12 bits per heavy atom. The van der Waals surface area contributed by atoms with E-state index in [0.717, 1.165) is 5.56 Å². The zero-order valence-electron chi connectivity index (χ0n) is 12.9. The molecule has 0 fully saturated rings. The zero-order valence-corrected chi connectivity index (χ0v) is 13.7. The number of benzene rings is 2. The Labute approximate surface area is 145 Å². The lowest BCUT2D eigenvalue weighted by Gasteiger charge is -2.22. The van der Waals surface area contributed by atoms with Crippen molar-refractivity contribution in [1.82, 2.24) is 0 Å². The van der Waals surface area contributed by atoms with Gasteiger partial charge in [-0.05, 0) is 28.9 Å². The van der Waals surface area contributed by atoms with Crippen LogP contribution in [0.25, 0.3) is 0 Å². The molecule has 0 aromatic heterocycles. The summed E-state index contributed by atoms with van der Waals surface area (Å²) in [5, 5.41) is 12.8. The Balaban J connectivity index is 1.67. The monoisotopic (exact) mass is 369 g/mol. The van der Waals surface area contributed by atoms with Crippen LogP contribution < -0.4 is 0 Å². The average molecular weight is 369 g/mol. The number of rotatable bonds is 4. The van der Waals surface area contributed by atoms with E-state index in [0.29, 0.717) is 16.2 Å². The molecule has 0 aliphatic carbocycles. The van der Waals surface area contributed by atoms with Crippen LogP contribution in [0, 0.1) is 0 Å². The van der Waals surface area contributed by atoms with Crippen LogP contribution in [0.4, 0.5) is 13.2 Å². The van der Waals surface area contributed by atoms with E-state index >= 15 is 0 Å². The number of alkyl halides is 3. The minimum absolute atomic E-state index is 0.00977. The van der Waals surface area contributed by atoms with Gasteiger partial charge in [0.1, 0.15) is 5.75 Å². The molecule has 25 heavy (non-hydrogen) atoms. The molecule has 4 nitrogen and oxygen atoms in total. The largest absolute Gasteiger partial charge is 0.611 e. The summed E-state index contributed by atoms with van der Waals surface area (Å²) in [6, 6.07) is 15.5. The smallest absolute Gasteiger partial charge is 0.458 e. The predicted octanol–water partition coefficient (Wildman–Crippen LogP) is 3.37. The van der Waals surface area contributed by atoms with E-state index in [1.807, 2.05) is 6.07 Å². The first kappa shape index (κ1) is 17.8. The molecule has 1 N–H and O–H groups in total. The molecule has 1 aliphatic rings. The number of oxime groups is 1. The van der Waals surface area contributed by atoms with Crippen molar-refractivity contribution in [2.24, 2.45) is 5.16 Å². The predicted molar refractivity (Wildman–Crippen MR) is 86.2 cm³/mol. The zero-order chi connectivity index (χ0) is 18.1. The van der Waals surface area contributed by atoms with Gasteiger partial charge in [-0.25, -0.2) is 0 Å². The van der Waals surface area contributed by atoms with Crippen molar-refractivity contribution in [3.8, 4) is 0 Å². The van der Waals surface area contributed by atoms with Crippen LogP contribution >= 0.6 is 0 Å². The second-order valence-electron chi connectivity index (χ2n) is 5.59. The third-order valence-electron chi connectivity index (χ3n) is 3.75. The van der Waals surface area contributed by atoms with Crippen LogP contribution in [0.2, 0.25) is 0 Å². The van der Waals surface area contributed by atoms with Gasteiger partial charge < -0.3 is 14.5 Å². The third-order valence-corrected chi connectivity index (χ3v) is 5.14. The van der Waals surface area contributed by atoms with Crippen LogP contribution in [-0.2, 0) is 21.8 Å². The fraction of sp³-hybridized carbons (Fsp3) is 0.235. The van der Waals surface area contributed by atoms with E-state index in [1.54, 1.807) is 48.5 Å². The van der Waals surface area contributed by atoms with E-state index in [1.165, 1.54) is 0 Å². The summed E-state index contributed by atoms with van der Waals surface area (Å²) in [6.07, 6.45) is -5.70. The maximum atomic E-state index is 12.7. The first-order valence-corrected chi connectivity index (χ1v) is 8.67. The van der Waals surface area contributed by atoms with E-state index in [2.05, 4.69) is 9.99 Å². The van der Waals surface area contributed by atoms with Crippen molar-refractivity contribution in [2.45, 2.75) is 29.0 Å². The molecular formula is C17H14F3NO3S. The second-order valence-corrected chi connectivity index (χ2v) is 7.04. The summed E-state index contributed by atoms with van der Waals surface area (Å²) < 4.78 is 50.4. The highest BCUT2D eigenvalue weighted by molar-refractivity contribution is 7.90. The van der Waals surface area contributed by atoms with Gasteiger partial charge in [0.15, 0.2) is 4.90 Å². The molecule has 2 aromatic rings. The van der Waals surface area contributed by atoms with E-state index < -0.39 is 29.6 Å². The number of hydrogen-bond acceptors (Lipinski definition) is 4. The molecule has 0 saturated heterocycles. The molecule has 1 aliphatic heterocycles. The molecule has 0 radical (unpaired) electrons. The normalized spacial score (nSPS) is 21.6. The lowest BCUT2D eigenvalue weighted by Crippen LogP contribution is -2.45. The Hall–Kier alpha value is -2.03. The Morgan fingerprint density at radius 2 is 1.76 bits per heavy atom. The molecule has 1 heterocycles. The van der Waals surface area contributed by atoms with Crippen LogP contribution in [-0.4, -0.2) is 27.3 Å². The van der Waals surface area contributed by atoms with Gasteiger partial charge >= 0.3 is 12.0 Å². The molecular weight excluding hydrogens is 355 g/mol. The van der Waals surface area contributed by atoms with E-state index in [-0.39, 0.29) is 5.71 Å². The summed E-state index contributed by atoms with van der Waals surface area (Å²) in [6.45, 7) is 0. The average Bonchev–Trinajstić information content (AvgIpc) is 3.00. The summed E-state index contributed by atoms with van der Waals surface area (Å²) in [5.41, 5.74) is 1.20. The van der Waals surface area contributed by atoms with Gasteiger partial charge in [0.2, 0.25) is 0 Å². The van der Waals surface area contributed by atoms with E-state index in [4.69, 9.17) is 0 Å². The fourth-order valence-corrected chi connectivity index (χ4v) is 3.45. The maximum absolute atomic E-state index is 12.7. The van der Waals surface area contributed by atoms with Crippen LogP contribution in [0.5, 0.6) is 0 Å². The summed E-state index contributed by atoms with van der Waals surface area (Å²) in [5.74, 6) is -2.99. The van der Waals surface area contributed by atoms with E-state index in [9.17, 15) is 22.8 Å². The number of aliphatic hydroxyl groups is 1. The summed E-state index contributed by atoms with van der Waals surface area (Å²) >= 11 is -1.21. The Kier molecular flexibility index (Phi) is 4.77. The fourth-order valence-electron chi connectivity index (χ4n) is 2.33. The van der Waals surface area contributed by atoms with Crippen molar-refractivity contribution in [3.05, 3.63) is 65.7 Å². The van der Waals surface area contributed by atoms with Crippen molar-refractivity contribution in [2.75, 3.05) is 0 Å². The van der Waals surface area contributed by atoms with Crippen molar-refractivity contribution in [1.29, 1.82) is 0 Å². The van der Waals surface area contributed by atoms with Crippen LogP contribution in [0.3, 0.4) is 0 Å². The van der Waals surface area contributed by atoms with Gasteiger partial charge in [-0.1, -0.05) is 47.6 Å². The molecule has 2 aromatic carbocycles. The van der Waals surface area contributed by atoms with Gasteiger partial charge in [0.25, 0.3) is 0 Å². The summed E-state index contributed by atoms with van der Waals surface area (Å²) in [7, 11) is 0.